The van der Waals surface area contributed by atoms with Crippen molar-refractivity contribution in [3.8, 4) is 0 Å². The SMILES string of the molecule is CC.SCC1CCCCC1. The monoisotopic (exact) mass is 160 g/mol. The zero-order valence-corrected chi connectivity index (χ0v) is 8.16. The molecular formula is C9H20S. The molecule has 62 valence electrons. The van der Waals surface area contributed by atoms with Gasteiger partial charge in [-0.3, -0.25) is 0 Å². The van der Waals surface area contributed by atoms with E-state index >= 15 is 0 Å². The molecule has 0 spiro atoms. The third-order valence-electron chi connectivity index (χ3n) is 1.98. The van der Waals surface area contributed by atoms with Crippen LogP contribution >= 0.6 is 12.6 Å². The lowest BCUT2D eigenvalue weighted by atomic mass is 9.91. The van der Waals surface area contributed by atoms with Crippen LogP contribution in [0.1, 0.15) is 46.0 Å². The first-order valence-corrected chi connectivity index (χ1v) is 5.17. The van der Waals surface area contributed by atoms with E-state index < -0.39 is 0 Å². The van der Waals surface area contributed by atoms with Gasteiger partial charge in [-0.15, -0.1) is 0 Å². The molecule has 0 heterocycles. The van der Waals surface area contributed by atoms with Gasteiger partial charge in [0.2, 0.25) is 0 Å². The molecule has 0 unspecified atom stereocenters. The lowest BCUT2D eigenvalue weighted by Crippen LogP contribution is -2.06. The zero-order valence-electron chi connectivity index (χ0n) is 7.27. The van der Waals surface area contributed by atoms with Crippen molar-refractivity contribution < 1.29 is 0 Å². The Labute approximate surface area is 70.8 Å². The van der Waals surface area contributed by atoms with Crippen LogP contribution in [0.4, 0.5) is 0 Å². The number of thiol groups is 1. The summed E-state index contributed by atoms with van der Waals surface area (Å²) in [4.78, 5) is 0. The van der Waals surface area contributed by atoms with E-state index in [9.17, 15) is 0 Å². The predicted octanol–water partition coefficient (Wildman–Crippen LogP) is 3.52. The molecule has 1 fully saturated rings. The average molecular weight is 160 g/mol. The molecular weight excluding hydrogens is 140 g/mol. The maximum atomic E-state index is 4.26. The van der Waals surface area contributed by atoms with Crippen molar-refractivity contribution in [2.24, 2.45) is 5.92 Å². The molecule has 1 heteroatoms. The third kappa shape index (κ3) is 4.21. The highest BCUT2D eigenvalue weighted by molar-refractivity contribution is 7.80. The summed E-state index contributed by atoms with van der Waals surface area (Å²) in [6.45, 7) is 4.00. The Balaban J connectivity index is 0.000000371. The molecule has 0 aliphatic heterocycles. The summed E-state index contributed by atoms with van der Waals surface area (Å²) in [6, 6.07) is 0. The Hall–Kier alpha value is 0.350. The van der Waals surface area contributed by atoms with Crippen molar-refractivity contribution in [1.29, 1.82) is 0 Å². The summed E-state index contributed by atoms with van der Waals surface area (Å²) in [6.07, 6.45) is 7.23. The molecule has 0 aromatic rings. The number of hydrogen-bond acceptors (Lipinski definition) is 1. The third-order valence-corrected chi connectivity index (χ3v) is 2.50. The van der Waals surface area contributed by atoms with Gasteiger partial charge in [0.05, 0.1) is 0 Å². The van der Waals surface area contributed by atoms with E-state index in [2.05, 4.69) is 12.6 Å². The maximum absolute atomic E-state index is 4.26. The smallest absolute Gasteiger partial charge is 0.00695 e. The standard InChI is InChI=1S/C7H14S.C2H6/c8-6-7-4-2-1-3-5-7;1-2/h7-8H,1-6H2;1-2H3. The van der Waals surface area contributed by atoms with E-state index in [0.29, 0.717) is 0 Å². The van der Waals surface area contributed by atoms with E-state index in [-0.39, 0.29) is 0 Å². The van der Waals surface area contributed by atoms with Gasteiger partial charge in [-0.1, -0.05) is 33.1 Å². The predicted molar refractivity (Wildman–Crippen MR) is 51.8 cm³/mol. The van der Waals surface area contributed by atoms with Gasteiger partial charge in [0.15, 0.2) is 0 Å². The van der Waals surface area contributed by atoms with E-state index in [4.69, 9.17) is 0 Å². The van der Waals surface area contributed by atoms with Gasteiger partial charge in [-0.25, -0.2) is 0 Å². The molecule has 0 atom stereocenters. The second-order valence-electron chi connectivity index (χ2n) is 2.69. The first-order chi connectivity index (χ1) is 4.93. The van der Waals surface area contributed by atoms with Gasteiger partial charge in [-0.05, 0) is 24.5 Å². The summed E-state index contributed by atoms with van der Waals surface area (Å²) in [5.41, 5.74) is 0. The lowest BCUT2D eigenvalue weighted by molar-refractivity contribution is 0.391. The Bertz CT molecular complexity index is 55.7. The Morgan fingerprint density at radius 1 is 1.10 bits per heavy atom. The maximum Gasteiger partial charge on any atom is -0.00695 e. The van der Waals surface area contributed by atoms with Crippen LogP contribution in [-0.4, -0.2) is 5.75 Å². The minimum Gasteiger partial charge on any atom is -0.179 e. The van der Waals surface area contributed by atoms with Crippen LogP contribution < -0.4 is 0 Å². The van der Waals surface area contributed by atoms with Gasteiger partial charge in [0.1, 0.15) is 0 Å². The van der Waals surface area contributed by atoms with Crippen LogP contribution in [0.3, 0.4) is 0 Å². The van der Waals surface area contributed by atoms with E-state index in [1.54, 1.807) is 0 Å². The largest absolute Gasteiger partial charge is 0.179 e. The molecule has 0 amide bonds. The van der Waals surface area contributed by atoms with Crippen LogP contribution in [0.5, 0.6) is 0 Å². The molecule has 1 rings (SSSR count). The van der Waals surface area contributed by atoms with Gasteiger partial charge < -0.3 is 0 Å². The molecule has 0 radical (unpaired) electrons. The van der Waals surface area contributed by atoms with E-state index in [0.717, 1.165) is 11.7 Å². The molecule has 0 bridgehead atoms. The van der Waals surface area contributed by atoms with Gasteiger partial charge in [-0.2, -0.15) is 12.6 Å². The van der Waals surface area contributed by atoms with Crippen LogP contribution in [0.2, 0.25) is 0 Å². The minimum absolute atomic E-state index is 0.951. The lowest BCUT2D eigenvalue weighted by Gasteiger charge is -2.18. The van der Waals surface area contributed by atoms with Crippen molar-refractivity contribution in [2.45, 2.75) is 46.0 Å². The number of rotatable bonds is 1. The highest BCUT2D eigenvalue weighted by Crippen LogP contribution is 2.23. The molecule has 1 saturated carbocycles. The normalized spacial score (nSPS) is 19.5. The second kappa shape index (κ2) is 7.46. The molecule has 0 saturated heterocycles. The topological polar surface area (TPSA) is 0 Å². The van der Waals surface area contributed by atoms with Crippen LogP contribution in [-0.2, 0) is 0 Å². The summed E-state index contributed by atoms with van der Waals surface area (Å²) in [5, 5.41) is 0. The summed E-state index contributed by atoms with van der Waals surface area (Å²) >= 11 is 4.26. The van der Waals surface area contributed by atoms with Crippen LogP contribution in [0.25, 0.3) is 0 Å². The summed E-state index contributed by atoms with van der Waals surface area (Å²) < 4.78 is 0. The van der Waals surface area contributed by atoms with Crippen molar-refractivity contribution in [1.82, 2.24) is 0 Å². The Morgan fingerprint density at radius 2 is 1.60 bits per heavy atom. The molecule has 0 aromatic carbocycles. The molecule has 0 aromatic heterocycles. The molecule has 0 N–H and O–H groups in total. The molecule has 1 aliphatic rings. The summed E-state index contributed by atoms with van der Waals surface area (Å²) in [7, 11) is 0. The Kier molecular flexibility index (Phi) is 7.72. The fourth-order valence-electron chi connectivity index (χ4n) is 1.37. The molecule has 0 nitrogen and oxygen atoms in total. The highest BCUT2D eigenvalue weighted by atomic mass is 32.1. The van der Waals surface area contributed by atoms with Crippen LogP contribution in [0, 0.1) is 5.92 Å². The van der Waals surface area contributed by atoms with Gasteiger partial charge >= 0.3 is 0 Å². The zero-order chi connectivity index (χ0) is 7.82. The first-order valence-electron chi connectivity index (χ1n) is 4.54. The fraction of sp³-hybridized carbons (Fsp3) is 1.00. The molecule has 1 aliphatic carbocycles. The fourth-order valence-corrected chi connectivity index (χ4v) is 1.73. The average Bonchev–Trinajstić information content (AvgIpc) is 2.10. The van der Waals surface area contributed by atoms with Gasteiger partial charge in [0, 0.05) is 0 Å². The van der Waals surface area contributed by atoms with E-state index in [1.807, 2.05) is 13.8 Å². The quantitative estimate of drug-likeness (QED) is 0.557. The summed E-state index contributed by atoms with van der Waals surface area (Å²) in [5.74, 6) is 2.06. The Morgan fingerprint density at radius 3 is 1.90 bits per heavy atom. The van der Waals surface area contributed by atoms with Crippen LogP contribution in [0.15, 0.2) is 0 Å². The van der Waals surface area contributed by atoms with Crippen molar-refractivity contribution in [2.75, 3.05) is 5.75 Å². The van der Waals surface area contributed by atoms with Gasteiger partial charge in [0.25, 0.3) is 0 Å². The molecule has 10 heavy (non-hydrogen) atoms. The van der Waals surface area contributed by atoms with E-state index in [1.165, 1.54) is 32.1 Å². The minimum atomic E-state index is 0.951. The highest BCUT2D eigenvalue weighted by Gasteiger charge is 2.10. The van der Waals surface area contributed by atoms with Crippen molar-refractivity contribution >= 4 is 12.6 Å². The van der Waals surface area contributed by atoms with Crippen molar-refractivity contribution in [3.63, 3.8) is 0 Å². The van der Waals surface area contributed by atoms with Crippen molar-refractivity contribution in [3.05, 3.63) is 0 Å². The number of hydrogen-bond donors (Lipinski definition) is 1. The second-order valence-corrected chi connectivity index (χ2v) is 3.05. The first kappa shape index (κ1) is 10.3.